The maximum Gasteiger partial charge on any atom is 0.348 e. The molecule has 0 unspecified atom stereocenters. The van der Waals surface area contributed by atoms with Gasteiger partial charge in [0.25, 0.3) is 11.8 Å². The monoisotopic (exact) mass is 404 g/mol. The number of esters is 1. The SMILES string of the molecule is CCCCCOc1ccc(C(=O)Nc2sc(C(=O)OC)c(C)c2C(N)=O)cc1. The summed E-state index contributed by atoms with van der Waals surface area (Å²) in [5.74, 6) is -1.05. The lowest BCUT2D eigenvalue weighted by molar-refractivity contribution is 0.0605. The summed E-state index contributed by atoms with van der Waals surface area (Å²) in [6.45, 7) is 4.34. The Balaban J connectivity index is 2.14. The van der Waals surface area contributed by atoms with Crippen LogP contribution in [0.15, 0.2) is 24.3 Å². The van der Waals surface area contributed by atoms with Crippen LogP contribution >= 0.6 is 11.3 Å². The van der Waals surface area contributed by atoms with E-state index in [0.717, 1.165) is 30.6 Å². The predicted molar refractivity (Wildman–Crippen MR) is 108 cm³/mol. The van der Waals surface area contributed by atoms with E-state index in [1.807, 2.05) is 0 Å². The van der Waals surface area contributed by atoms with Crippen molar-refractivity contribution in [3.63, 3.8) is 0 Å². The summed E-state index contributed by atoms with van der Waals surface area (Å²) in [5, 5.41) is 2.88. The Morgan fingerprint density at radius 3 is 2.39 bits per heavy atom. The van der Waals surface area contributed by atoms with Crippen molar-refractivity contribution in [1.29, 1.82) is 0 Å². The van der Waals surface area contributed by atoms with Gasteiger partial charge in [-0.3, -0.25) is 9.59 Å². The summed E-state index contributed by atoms with van der Waals surface area (Å²) in [5.41, 5.74) is 6.30. The fraction of sp³-hybridized carbons (Fsp3) is 0.350. The minimum absolute atomic E-state index is 0.106. The number of anilines is 1. The lowest BCUT2D eigenvalue weighted by atomic mass is 10.1. The van der Waals surface area contributed by atoms with Crippen LogP contribution in [0, 0.1) is 6.92 Å². The van der Waals surface area contributed by atoms with Crippen LogP contribution in [0.2, 0.25) is 0 Å². The largest absolute Gasteiger partial charge is 0.494 e. The molecule has 8 heteroatoms. The third kappa shape index (κ3) is 5.10. The first kappa shape index (κ1) is 21.4. The lowest BCUT2D eigenvalue weighted by Crippen LogP contribution is -2.17. The first-order chi connectivity index (χ1) is 13.4. The van der Waals surface area contributed by atoms with Crippen LogP contribution in [-0.4, -0.2) is 31.5 Å². The fourth-order valence-electron chi connectivity index (χ4n) is 2.61. The summed E-state index contributed by atoms with van der Waals surface area (Å²) >= 11 is 0.957. The van der Waals surface area contributed by atoms with E-state index in [9.17, 15) is 14.4 Å². The molecule has 3 N–H and O–H groups in total. The Morgan fingerprint density at radius 2 is 1.82 bits per heavy atom. The molecule has 0 aliphatic carbocycles. The summed E-state index contributed by atoms with van der Waals surface area (Å²) in [6.07, 6.45) is 3.21. The molecule has 1 heterocycles. The van der Waals surface area contributed by atoms with Crippen molar-refractivity contribution < 1.29 is 23.9 Å². The third-order valence-corrected chi connectivity index (χ3v) is 5.31. The van der Waals surface area contributed by atoms with E-state index in [1.54, 1.807) is 31.2 Å². The second-order valence-corrected chi connectivity index (χ2v) is 7.17. The Hall–Kier alpha value is -2.87. The quantitative estimate of drug-likeness (QED) is 0.489. The highest BCUT2D eigenvalue weighted by atomic mass is 32.1. The Bertz CT molecular complexity index is 858. The molecule has 28 heavy (non-hydrogen) atoms. The maximum atomic E-state index is 12.5. The molecule has 2 aromatic rings. The van der Waals surface area contributed by atoms with Crippen molar-refractivity contribution in [2.24, 2.45) is 5.73 Å². The van der Waals surface area contributed by atoms with Crippen molar-refractivity contribution in [2.45, 2.75) is 33.1 Å². The number of rotatable bonds is 9. The van der Waals surface area contributed by atoms with Gasteiger partial charge in [0, 0.05) is 5.56 Å². The smallest absolute Gasteiger partial charge is 0.348 e. The summed E-state index contributed by atoms with van der Waals surface area (Å²) < 4.78 is 10.3. The number of carbonyl (C=O) groups is 3. The van der Waals surface area contributed by atoms with Crippen molar-refractivity contribution in [2.75, 3.05) is 19.0 Å². The van der Waals surface area contributed by atoms with Gasteiger partial charge in [0.1, 0.15) is 15.6 Å². The Labute approximate surface area is 167 Å². The summed E-state index contributed by atoms with van der Waals surface area (Å²) in [4.78, 5) is 36.4. The van der Waals surface area contributed by atoms with E-state index in [-0.39, 0.29) is 15.4 Å². The average molecular weight is 404 g/mol. The topological polar surface area (TPSA) is 108 Å². The van der Waals surface area contributed by atoms with E-state index in [1.165, 1.54) is 7.11 Å². The van der Waals surface area contributed by atoms with Gasteiger partial charge in [0.15, 0.2) is 0 Å². The van der Waals surface area contributed by atoms with Gasteiger partial charge >= 0.3 is 5.97 Å². The van der Waals surface area contributed by atoms with Crippen molar-refractivity contribution in [1.82, 2.24) is 0 Å². The number of primary amides is 1. The van der Waals surface area contributed by atoms with Gasteiger partial charge in [-0.2, -0.15) is 0 Å². The molecule has 1 aromatic heterocycles. The summed E-state index contributed by atoms with van der Waals surface area (Å²) in [7, 11) is 1.25. The fourth-order valence-corrected chi connectivity index (χ4v) is 3.73. The Morgan fingerprint density at radius 1 is 1.14 bits per heavy atom. The number of nitrogens with one attached hydrogen (secondary N) is 1. The average Bonchev–Trinajstić information content (AvgIpc) is 3.01. The first-order valence-electron chi connectivity index (χ1n) is 8.94. The molecule has 150 valence electrons. The predicted octanol–water partition coefficient (Wildman–Crippen LogP) is 3.76. The van der Waals surface area contributed by atoms with Crippen LogP contribution in [0.3, 0.4) is 0 Å². The third-order valence-electron chi connectivity index (χ3n) is 4.12. The van der Waals surface area contributed by atoms with Crippen molar-refractivity contribution in [3.05, 3.63) is 45.8 Å². The molecule has 0 aliphatic heterocycles. The molecular weight excluding hydrogens is 380 g/mol. The number of methoxy groups -OCH3 is 1. The zero-order valence-corrected chi connectivity index (χ0v) is 17.0. The number of nitrogens with two attached hydrogens (primary N) is 1. The lowest BCUT2D eigenvalue weighted by Gasteiger charge is -2.08. The number of ether oxygens (including phenoxy) is 2. The van der Waals surface area contributed by atoms with Gasteiger partial charge < -0.3 is 20.5 Å². The van der Waals surface area contributed by atoms with E-state index in [2.05, 4.69) is 12.2 Å². The molecule has 0 fully saturated rings. The van der Waals surface area contributed by atoms with Gasteiger partial charge in [-0.1, -0.05) is 19.8 Å². The van der Waals surface area contributed by atoms with Crippen LogP contribution in [0.5, 0.6) is 5.75 Å². The minimum Gasteiger partial charge on any atom is -0.494 e. The molecule has 0 bridgehead atoms. The van der Waals surface area contributed by atoms with Gasteiger partial charge in [0.05, 0.1) is 19.3 Å². The number of amides is 2. The molecule has 0 spiro atoms. The standard InChI is InChI=1S/C20H24N2O5S/c1-4-5-6-11-27-14-9-7-13(8-10-14)18(24)22-19-15(17(21)23)12(2)16(28-19)20(25)26-3/h7-10H,4-6,11H2,1-3H3,(H2,21,23)(H,22,24). The number of unbranched alkanes of at least 4 members (excludes halogenated alkanes) is 2. The normalized spacial score (nSPS) is 10.4. The molecule has 0 radical (unpaired) electrons. The second kappa shape index (κ2) is 9.89. The van der Waals surface area contributed by atoms with Gasteiger partial charge in [-0.25, -0.2) is 4.79 Å². The van der Waals surface area contributed by atoms with Crippen LogP contribution < -0.4 is 15.8 Å². The molecule has 7 nitrogen and oxygen atoms in total. The molecule has 0 saturated heterocycles. The number of benzene rings is 1. The number of thiophene rings is 1. The van der Waals surface area contributed by atoms with Gasteiger partial charge in [-0.05, 0) is 43.2 Å². The second-order valence-electron chi connectivity index (χ2n) is 6.15. The molecule has 0 atom stereocenters. The van der Waals surface area contributed by atoms with Crippen LogP contribution in [0.25, 0.3) is 0 Å². The van der Waals surface area contributed by atoms with Crippen LogP contribution in [0.1, 0.15) is 62.1 Å². The van der Waals surface area contributed by atoms with Gasteiger partial charge in [-0.15, -0.1) is 11.3 Å². The minimum atomic E-state index is -0.727. The van der Waals surface area contributed by atoms with Crippen molar-refractivity contribution in [3.8, 4) is 5.75 Å². The number of hydrogen-bond acceptors (Lipinski definition) is 6. The Kier molecular flexibility index (Phi) is 7.57. The molecule has 0 aliphatic rings. The molecule has 2 amide bonds. The van der Waals surface area contributed by atoms with E-state index in [4.69, 9.17) is 15.2 Å². The van der Waals surface area contributed by atoms with Crippen molar-refractivity contribution >= 4 is 34.1 Å². The molecule has 2 rings (SSSR count). The zero-order valence-electron chi connectivity index (χ0n) is 16.2. The molecule has 1 aromatic carbocycles. The zero-order chi connectivity index (χ0) is 20.7. The molecule has 0 saturated carbocycles. The number of hydrogen-bond donors (Lipinski definition) is 2. The highest BCUT2D eigenvalue weighted by Gasteiger charge is 2.25. The van der Waals surface area contributed by atoms with E-state index >= 15 is 0 Å². The first-order valence-corrected chi connectivity index (χ1v) is 9.76. The maximum absolute atomic E-state index is 12.5. The van der Waals surface area contributed by atoms with Crippen LogP contribution in [-0.2, 0) is 4.74 Å². The van der Waals surface area contributed by atoms with Gasteiger partial charge in [0.2, 0.25) is 0 Å². The van der Waals surface area contributed by atoms with Crippen LogP contribution in [0.4, 0.5) is 5.00 Å². The van der Waals surface area contributed by atoms with E-state index in [0.29, 0.717) is 23.5 Å². The highest BCUT2D eigenvalue weighted by molar-refractivity contribution is 7.18. The molecular formula is C20H24N2O5S. The number of carbonyl (C=O) groups excluding carboxylic acids is 3. The summed E-state index contributed by atoms with van der Waals surface area (Å²) in [6, 6.07) is 6.71. The highest BCUT2D eigenvalue weighted by Crippen LogP contribution is 2.33. The van der Waals surface area contributed by atoms with E-state index < -0.39 is 17.8 Å².